The molecule has 140 valence electrons. The molecule has 0 radical (unpaired) electrons. The number of aliphatic imine (C=N–C) groups is 1. The van der Waals surface area contributed by atoms with Crippen molar-refractivity contribution in [2.75, 3.05) is 13.2 Å². The van der Waals surface area contributed by atoms with Gasteiger partial charge in [-0.05, 0) is 45.6 Å². The highest BCUT2D eigenvalue weighted by Crippen LogP contribution is 2.43. The Bertz CT molecular complexity index is 788. The molecule has 0 amide bonds. The van der Waals surface area contributed by atoms with Crippen LogP contribution < -0.4 is 5.32 Å². The number of thiophene rings is 1. The monoisotopic (exact) mass is 374 g/mol. The predicted octanol–water partition coefficient (Wildman–Crippen LogP) is 4.14. The molecule has 5 nitrogen and oxygen atoms in total. The Hall–Kier alpha value is -2.08. The van der Waals surface area contributed by atoms with E-state index in [-0.39, 0.29) is 17.4 Å². The number of ether oxygens (including phenoxy) is 2. The van der Waals surface area contributed by atoms with E-state index in [9.17, 15) is 4.79 Å². The van der Waals surface area contributed by atoms with Gasteiger partial charge in [0.25, 0.3) is 0 Å². The van der Waals surface area contributed by atoms with E-state index in [1.807, 2.05) is 25.3 Å². The van der Waals surface area contributed by atoms with Gasteiger partial charge in [0.1, 0.15) is 6.61 Å². The van der Waals surface area contributed by atoms with Crippen molar-refractivity contribution in [2.24, 2.45) is 4.99 Å². The summed E-state index contributed by atoms with van der Waals surface area (Å²) in [6.45, 7) is 10.8. The van der Waals surface area contributed by atoms with Crippen molar-refractivity contribution >= 4 is 23.2 Å². The van der Waals surface area contributed by atoms with Crippen molar-refractivity contribution < 1.29 is 14.3 Å². The summed E-state index contributed by atoms with van der Waals surface area (Å²) >= 11 is 1.63. The fourth-order valence-corrected chi connectivity index (χ4v) is 4.21. The van der Waals surface area contributed by atoms with E-state index in [1.165, 1.54) is 0 Å². The Kier molecular flexibility index (Phi) is 5.23. The minimum absolute atomic E-state index is 0.224. The average molecular weight is 375 g/mol. The zero-order valence-corrected chi connectivity index (χ0v) is 16.8. The van der Waals surface area contributed by atoms with Gasteiger partial charge < -0.3 is 14.8 Å². The highest BCUT2D eigenvalue weighted by atomic mass is 32.1. The quantitative estimate of drug-likeness (QED) is 0.787. The highest BCUT2D eigenvalue weighted by molar-refractivity contribution is 7.10. The van der Waals surface area contributed by atoms with Crippen molar-refractivity contribution in [3.63, 3.8) is 0 Å². The molecule has 1 unspecified atom stereocenters. The molecule has 0 fully saturated rings. The number of allylic oxidation sites excluding steroid dienone is 2. The summed E-state index contributed by atoms with van der Waals surface area (Å²) in [5, 5.41) is 5.43. The van der Waals surface area contributed by atoms with E-state index >= 15 is 0 Å². The molecule has 0 saturated carbocycles. The van der Waals surface area contributed by atoms with E-state index in [4.69, 9.17) is 14.5 Å². The fourth-order valence-electron chi connectivity index (χ4n) is 3.37. The molecule has 0 aromatic carbocycles. The lowest BCUT2D eigenvalue weighted by molar-refractivity contribution is -0.138. The molecule has 1 atom stereocenters. The molecule has 1 aromatic heterocycles. The maximum atomic E-state index is 12.8. The Morgan fingerprint density at radius 2 is 2.23 bits per heavy atom. The van der Waals surface area contributed by atoms with Gasteiger partial charge in [-0.25, -0.2) is 9.79 Å². The molecule has 3 heterocycles. The van der Waals surface area contributed by atoms with Crippen LogP contribution in [0, 0.1) is 0 Å². The molecular formula is C20H26N2O3S. The molecule has 3 rings (SSSR count). The van der Waals surface area contributed by atoms with Crippen LogP contribution in [0.15, 0.2) is 45.0 Å². The summed E-state index contributed by atoms with van der Waals surface area (Å²) in [5.41, 5.74) is 3.21. The number of hydrogen-bond donors (Lipinski definition) is 1. The number of carbonyl (C=O) groups excluding carboxylic acids is 1. The summed E-state index contributed by atoms with van der Waals surface area (Å²) in [7, 11) is 0. The van der Waals surface area contributed by atoms with Crippen molar-refractivity contribution in [1.82, 2.24) is 5.32 Å². The van der Waals surface area contributed by atoms with Gasteiger partial charge in [0.15, 0.2) is 0 Å². The summed E-state index contributed by atoms with van der Waals surface area (Å²) in [5.74, 6) is 0.117. The Balaban J connectivity index is 2.17. The van der Waals surface area contributed by atoms with Gasteiger partial charge in [-0.1, -0.05) is 13.0 Å². The molecule has 0 spiro atoms. The summed E-state index contributed by atoms with van der Waals surface area (Å²) in [6, 6.07) is 4.06. The first-order valence-corrected chi connectivity index (χ1v) is 9.90. The second-order valence-corrected chi connectivity index (χ2v) is 8.08. The summed E-state index contributed by atoms with van der Waals surface area (Å²) in [6.07, 6.45) is 0.799. The zero-order chi connectivity index (χ0) is 18.9. The molecule has 0 aliphatic carbocycles. The molecular weight excluding hydrogens is 348 g/mol. The van der Waals surface area contributed by atoms with Crippen LogP contribution in [0.2, 0.25) is 0 Å². The van der Waals surface area contributed by atoms with Crippen molar-refractivity contribution in [1.29, 1.82) is 0 Å². The fraction of sp³-hybridized carbons (Fsp3) is 0.500. The van der Waals surface area contributed by atoms with Crippen LogP contribution in [-0.4, -0.2) is 30.6 Å². The van der Waals surface area contributed by atoms with Crippen molar-refractivity contribution in [2.45, 2.75) is 52.5 Å². The number of carbonyl (C=O) groups is 1. The molecule has 2 aliphatic heterocycles. The van der Waals surface area contributed by atoms with Crippen LogP contribution in [0.25, 0.3) is 0 Å². The maximum Gasteiger partial charge on any atom is 0.336 e. The third-order valence-corrected chi connectivity index (χ3v) is 5.46. The SMILES string of the molecule is CCOC(=O)C1=C(C)NC(CC)=C(C2=NC(C)(C)CO2)C1c1cccs1. The lowest BCUT2D eigenvalue weighted by Gasteiger charge is -2.31. The largest absolute Gasteiger partial charge is 0.475 e. The molecule has 1 N–H and O–H groups in total. The number of esters is 1. The molecule has 6 heteroatoms. The van der Waals surface area contributed by atoms with Crippen LogP contribution in [0.5, 0.6) is 0 Å². The number of nitrogens with one attached hydrogen (secondary N) is 1. The molecule has 2 aliphatic rings. The first kappa shape index (κ1) is 18.7. The first-order valence-electron chi connectivity index (χ1n) is 9.02. The van der Waals surface area contributed by atoms with Crippen molar-refractivity contribution in [3.05, 3.63) is 44.9 Å². The average Bonchev–Trinajstić information content (AvgIpc) is 3.23. The van der Waals surface area contributed by atoms with E-state index < -0.39 is 0 Å². The van der Waals surface area contributed by atoms with Crippen LogP contribution in [0.1, 0.15) is 51.8 Å². The van der Waals surface area contributed by atoms with Gasteiger partial charge in [-0.15, -0.1) is 11.3 Å². The van der Waals surface area contributed by atoms with Crippen LogP contribution >= 0.6 is 11.3 Å². The van der Waals surface area contributed by atoms with E-state index in [0.717, 1.165) is 28.3 Å². The van der Waals surface area contributed by atoms with Crippen molar-refractivity contribution in [3.8, 4) is 0 Å². The van der Waals surface area contributed by atoms with Crippen LogP contribution in [0.4, 0.5) is 0 Å². The van der Waals surface area contributed by atoms with Gasteiger partial charge in [-0.3, -0.25) is 0 Å². The molecule has 1 aromatic rings. The number of nitrogens with zero attached hydrogens (tertiary/aromatic N) is 1. The number of dihydropyridines is 1. The van der Waals surface area contributed by atoms with Crippen LogP contribution in [-0.2, 0) is 14.3 Å². The minimum atomic E-state index is -0.290. The van der Waals surface area contributed by atoms with Gasteiger partial charge in [0, 0.05) is 21.8 Å². The molecule has 26 heavy (non-hydrogen) atoms. The number of hydrogen-bond acceptors (Lipinski definition) is 6. The second-order valence-electron chi connectivity index (χ2n) is 7.10. The highest BCUT2D eigenvalue weighted by Gasteiger charge is 2.40. The standard InChI is InChI=1S/C20H26N2O3S/c1-6-13-16(18-22-20(4,5)11-25-18)17(14-9-8-10-26-14)15(12(3)21-13)19(23)24-7-2/h8-10,17,21H,6-7,11H2,1-5H3. The second kappa shape index (κ2) is 7.27. The number of rotatable bonds is 5. The first-order chi connectivity index (χ1) is 12.4. The van der Waals surface area contributed by atoms with Gasteiger partial charge >= 0.3 is 5.97 Å². The topological polar surface area (TPSA) is 59.9 Å². The lowest BCUT2D eigenvalue weighted by Crippen LogP contribution is -2.32. The third kappa shape index (κ3) is 3.43. The maximum absolute atomic E-state index is 12.8. The summed E-state index contributed by atoms with van der Waals surface area (Å²) in [4.78, 5) is 18.7. The molecule has 0 bridgehead atoms. The zero-order valence-electron chi connectivity index (χ0n) is 16.0. The third-order valence-electron chi connectivity index (χ3n) is 4.52. The van der Waals surface area contributed by atoms with Crippen LogP contribution in [0.3, 0.4) is 0 Å². The Labute approximate surface area is 158 Å². The minimum Gasteiger partial charge on any atom is -0.475 e. The van der Waals surface area contributed by atoms with E-state index in [2.05, 4.69) is 32.2 Å². The molecule has 0 saturated heterocycles. The smallest absolute Gasteiger partial charge is 0.336 e. The van der Waals surface area contributed by atoms with Gasteiger partial charge in [0.05, 0.1) is 23.6 Å². The summed E-state index contributed by atoms with van der Waals surface area (Å²) < 4.78 is 11.3. The Morgan fingerprint density at radius 3 is 2.77 bits per heavy atom. The lowest BCUT2D eigenvalue weighted by atomic mass is 9.83. The Morgan fingerprint density at radius 1 is 1.46 bits per heavy atom. The van der Waals surface area contributed by atoms with Gasteiger partial charge in [-0.2, -0.15) is 0 Å². The predicted molar refractivity (Wildman–Crippen MR) is 104 cm³/mol. The normalized spacial score (nSPS) is 22.0. The van der Waals surface area contributed by atoms with E-state index in [1.54, 1.807) is 11.3 Å². The van der Waals surface area contributed by atoms with E-state index in [0.29, 0.717) is 24.7 Å². The van der Waals surface area contributed by atoms with Gasteiger partial charge in [0.2, 0.25) is 5.90 Å².